The van der Waals surface area contributed by atoms with E-state index in [0.717, 1.165) is 49.4 Å². The first-order valence-electron chi connectivity index (χ1n) is 13.1. The zero-order valence-corrected chi connectivity index (χ0v) is 20.8. The number of pyridine rings is 3. The lowest BCUT2D eigenvalue weighted by molar-refractivity contribution is 1.32. The number of imidazole rings is 1. The Morgan fingerprint density at radius 2 is 1.15 bits per heavy atom. The van der Waals surface area contributed by atoms with Crippen molar-refractivity contribution in [2.75, 3.05) is 0 Å². The molecule has 5 aromatic carbocycles. The Hall–Kier alpha value is -5.35. The number of para-hydroxylation sites is 1. The van der Waals surface area contributed by atoms with E-state index in [0.29, 0.717) is 0 Å². The summed E-state index contributed by atoms with van der Waals surface area (Å²) in [6.07, 6.45) is 3.67. The summed E-state index contributed by atoms with van der Waals surface area (Å²) in [6, 6.07) is 38.8. The predicted octanol–water partition coefficient (Wildman–Crippen LogP) is 8.71. The summed E-state index contributed by atoms with van der Waals surface area (Å²) >= 11 is 0. The summed E-state index contributed by atoms with van der Waals surface area (Å²) in [6.45, 7) is 0. The van der Waals surface area contributed by atoms with Crippen molar-refractivity contribution in [1.82, 2.24) is 19.4 Å². The van der Waals surface area contributed by atoms with Crippen LogP contribution in [0.4, 0.5) is 0 Å². The number of fused-ring (bicyclic) bond motifs is 14. The van der Waals surface area contributed by atoms with Crippen molar-refractivity contribution in [2.45, 2.75) is 0 Å². The fourth-order valence-corrected chi connectivity index (χ4v) is 6.25. The molecule has 39 heavy (non-hydrogen) atoms. The molecule has 0 spiro atoms. The Morgan fingerprint density at radius 3 is 2.05 bits per heavy atom. The van der Waals surface area contributed by atoms with Crippen LogP contribution in [0.2, 0.25) is 0 Å². The molecular formula is C35H20N4. The SMILES string of the molecule is c1ccc2cc(-c3ccc4c(c3)c3ccccc3n3c4nc4c5cccnc5c5ncccc5c43)ccc2c1. The molecule has 9 rings (SSSR count). The van der Waals surface area contributed by atoms with E-state index in [1.54, 1.807) is 0 Å². The summed E-state index contributed by atoms with van der Waals surface area (Å²) in [5.74, 6) is 0. The van der Waals surface area contributed by atoms with Crippen LogP contribution in [0.3, 0.4) is 0 Å². The van der Waals surface area contributed by atoms with E-state index in [-0.39, 0.29) is 0 Å². The number of nitrogens with zero attached hydrogens (tertiary/aromatic N) is 4. The van der Waals surface area contributed by atoms with Crippen LogP contribution in [-0.4, -0.2) is 19.4 Å². The molecule has 0 unspecified atom stereocenters. The second-order valence-electron chi connectivity index (χ2n) is 10.1. The van der Waals surface area contributed by atoms with Gasteiger partial charge in [-0.1, -0.05) is 60.7 Å². The van der Waals surface area contributed by atoms with E-state index in [1.807, 2.05) is 24.5 Å². The third kappa shape index (κ3) is 2.80. The summed E-state index contributed by atoms with van der Waals surface area (Å²) < 4.78 is 2.32. The standard InChI is InChI=1S/C35H20N4/c1-2-8-22-19-23(14-13-21(22)7-1)24-15-16-26-29(20-24)25-9-3-4-12-30(25)39-34-28-11-6-18-37-32(28)31-27(10-5-17-36-31)33(34)38-35(26)39/h1-20H. The molecule has 9 aromatic rings. The highest BCUT2D eigenvalue weighted by Gasteiger charge is 2.19. The molecule has 0 aliphatic heterocycles. The fraction of sp³-hybridized carbons (Fsp3) is 0. The van der Waals surface area contributed by atoms with Crippen LogP contribution in [-0.2, 0) is 0 Å². The zero-order chi connectivity index (χ0) is 25.5. The molecule has 0 aliphatic carbocycles. The molecule has 0 atom stereocenters. The Morgan fingerprint density at radius 1 is 0.462 bits per heavy atom. The van der Waals surface area contributed by atoms with Gasteiger partial charge in [0, 0.05) is 33.9 Å². The Bertz CT molecular complexity index is 2450. The van der Waals surface area contributed by atoms with Gasteiger partial charge in [-0.25, -0.2) is 4.98 Å². The molecule has 0 bridgehead atoms. The van der Waals surface area contributed by atoms with Crippen molar-refractivity contribution in [2.24, 2.45) is 0 Å². The first kappa shape index (κ1) is 20.7. The second-order valence-corrected chi connectivity index (χ2v) is 10.1. The number of aromatic nitrogens is 4. The van der Waals surface area contributed by atoms with Crippen molar-refractivity contribution in [3.63, 3.8) is 0 Å². The smallest absolute Gasteiger partial charge is 0.146 e. The average Bonchev–Trinajstić information content (AvgIpc) is 3.42. The van der Waals surface area contributed by atoms with E-state index in [4.69, 9.17) is 15.0 Å². The number of benzene rings is 5. The zero-order valence-electron chi connectivity index (χ0n) is 20.8. The molecule has 4 heterocycles. The summed E-state index contributed by atoms with van der Waals surface area (Å²) in [5.41, 5.74) is 8.30. The Kier molecular flexibility index (Phi) is 4.02. The van der Waals surface area contributed by atoms with Gasteiger partial charge in [0.15, 0.2) is 0 Å². The predicted molar refractivity (Wildman–Crippen MR) is 161 cm³/mol. The summed E-state index contributed by atoms with van der Waals surface area (Å²) in [4.78, 5) is 14.8. The van der Waals surface area contributed by atoms with E-state index in [1.165, 1.54) is 32.7 Å². The summed E-state index contributed by atoms with van der Waals surface area (Å²) in [5, 5.41) is 8.10. The second kappa shape index (κ2) is 7.59. The van der Waals surface area contributed by atoms with E-state index in [2.05, 4.69) is 101 Å². The average molecular weight is 497 g/mol. The van der Waals surface area contributed by atoms with Crippen LogP contribution in [0.25, 0.3) is 82.1 Å². The minimum absolute atomic E-state index is 0.885. The molecular weight excluding hydrogens is 476 g/mol. The quantitative estimate of drug-likeness (QED) is 0.213. The fourth-order valence-electron chi connectivity index (χ4n) is 6.25. The van der Waals surface area contributed by atoms with Gasteiger partial charge in [-0.2, -0.15) is 0 Å². The van der Waals surface area contributed by atoms with Crippen molar-refractivity contribution in [3.8, 4) is 11.1 Å². The maximum atomic E-state index is 5.31. The number of rotatable bonds is 1. The molecule has 0 N–H and O–H groups in total. The van der Waals surface area contributed by atoms with Gasteiger partial charge in [0.25, 0.3) is 0 Å². The van der Waals surface area contributed by atoms with Crippen LogP contribution in [0.5, 0.6) is 0 Å². The molecule has 4 heteroatoms. The highest BCUT2D eigenvalue weighted by molar-refractivity contribution is 6.24. The topological polar surface area (TPSA) is 43.1 Å². The van der Waals surface area contributed by atoms with Gasteiger partial charge in [-0.3, -0.25) is 14.4 Å². The Balaban J connectivity index is 1.46. The molecule has 4 nitrogen and oxygen atoms in total. The minimum atomic E-state index is 0.885. The van der Waals surface area contributed by atoms with E-state index in [9.17, 15) is 0 Å². The first-order valence-corrected chi connectivity index (χ1v) is 13.1. The highest BCUT2D eigenvalue weighted by Crippen LogP contribution is 2.39. The molecule has 0 saturated heterocycles. The lowest BCUT2D eigenvalue weighted by Gasteiger charge is -2.12. The number of hydrogen-bond donors (Lipinski definition) is 0. The largest absolute Gasteiger partial charge is 0.291 e. The van der Waals surface area contributed by atoms with E-state index >= 15 is 0 Å². The first-order chi connectivity index (χ1) is 19.3. The third-order valence-electron chi connectivity index (χ3n) is 8.01. The van der Waals surface area contributed by atoms with Gasteiger partial charge in [0.1, 0.15) is 5.65 Å². The molecule has 4 aromatic heterocycles. The van der Waals surface area contributed by atoms with Crippen LogP contribution >= 0.6 is 0 Å². The third-order valence-corrected chi connectivity index (χ3v) is 8.01. The highest BCUT2D eigenvalue weighted by atomic mass is 15.0. The molecule has 180 valence electrons. The maximum absolute atomic E-state index is 5.31. The monoisotopic (exact) mass is 496 g/mol. The normalized spacial score (nSPS) is 12.1. The summed E-state index contributed by atoms with van der Waals surface area (Å²) in [7, 11) is 0. The maximum Gasteiger partial charge on any atom is 0.146 e. The Labute approximate surface area is 222 Å². The van der Waals surface area contributed by atoms with Crippen molar-refractivity contribution in [1.29, 1.82) is 0 Å². The van der Waals surface area contributed by atoms with Gasteiger partial charge < -0.3 is 0 Å². The molecule has 0 amide bonds. The lowest BCUT2D eigenvalue weighted by Crippen LogP contribution is -1.93. The van der Waals surface area contributed by atoms with Gasteiger partial charge in [-0.15, -0.1) is 0 Å². The van der Waals surface area contributed by atoms with Crippen molar-refractivity contribution in [3.05, 3.63) is 122 Å². The van der Waals surface area contributed by atoms with Gasteiger partial charge in [0.05, 0.1) is 27.6 Å². The van der Waals surface area contributed by atoms with E-state index < -0.39 is 0 Å². The van der Waals surface area contributed by atoms with Gasteiger partial charge in [0.2, 0.25) is 0 Å². The molecule has 0 saturated carbocycles. The lowest BCUT2D eigenvalue weighted by atomic mass is 9.97. The minimum Gasteiger partial charge on any atom is -0.291 e. The molecule has 0 aliphatic rings. The van der Waals surface area contributed by atoms with Crippen LogP contribution in [0, 0.1) is 0 Å². The van der Waals surface area contributed by atoms with Crippen molar-refractivity contribution >= 4 is 70.9 Å². The van der Waals surface area contributed by atoms with Crippen LogP contribution in [0.15, 0.2) is 122 Å². The van der Waals surface area contributed by atoms with Crippen LogP contribution in [0.1, 0.15) is 0 Å². The van der Waals surface area contributed by atoms with Crippen LogP contribution < -0.4 is 0 Å². The van der Waals surface area contributed by atoms with Gasteiger partial charge in [-0.05, 0) is 75.8 Å². The molecule has 0 radical (unpaired) electrons. The van der Waals surface area contributed by atoms with Gasteiger partial charge >= 0.3 is 0 Å². The van der Waals surface area contributed by atoms with Crippen molar-refractivity contribution < 1.29 is 0 Å². The molecule has 0 fully saturated rings. The number of hydrogen-bond acceptors (Lipinski definition) is 3.